The zero-order valence-corrected chi connectivity index (χ0v) is 21.8. The average molecular weight is 537 g/mol. The molecule has 4 aromatic rings. The summed E-state index contributed by atoms with van der Waals surface area (Å²) in [7, 11) is 1.19. The first-order valence-corrected chi connectivity index (χ1v) is 12.4. The number of rotatable bonds is 8. The van der Waals surface area contributed by atoms with Crippen LogP contribution in [0.2, 0.25) is 0 Å². The number of nitrogens with zero attached hydrogens (tertiary/aromatic N) is 2. The van der Waals surface area contributed by atoms with Crippen LogP contribution in [0.3, 0.4) is 0 Å². The maximum absolute atomic E-state index is 12.9. The van der Waals surface area contributed by atoms with Gasteiger partial charge in [0.15, 0.2) is 6.10 Å². The van der Waals surface area contributed by atoms with Crippen LogP contribution >= 0.6 is 11.3 Å². The smallest absolute Gasteiger partial charge is 0.348 e. The number of nitrogens with one attached hydrogen (secondary N) is 2. The van der Waals surface area contributed by atoms with Crippen LogP contribution in [0.15, 0.2) is 42.7 Å². The molecular formula is C26H24N4O7S. The Bertz CT molecular complexity index is 1530. The molecule has 3 aromatic heterocycles. The Balaban J connectivity index is 1.49. The van der Waals surface area contributed by atoms with E-state index >= 15 is 0 Å². The summed E-state index contributed by atoms with van der Waals surface area (Å²) < 4.78 is 15.2. The lowest BCUT2D eigenvalue weighted by Crippen LogP contribution is -2.30. The minimum Gasteiger partial charge on any atom is -0.465 e. The second-order valence-corrected chi connectivity index (χ2v) is 9.09. The number of pyridine rings is 1. The van der Waals surface area contributed by atoms with Gasteiger partial charge in [-0.1, -0.05) is 0 Å². The van der Waals surface area contributed by atoms with Gasteiger partial charge >= 0.3 is 17.9 Å². The van der Waals surface area contributed by atoms with Crippen molar-refractivity contribution in [1.82, 2.24) is 15.0 Å². The second-order valence-electron chi connectivity index (χ2n) is 8.07. The highest BCUT2D eigenvalue weighted by Gasteiger charge is 2.29. The molecule has 0 bridgehead atoms. The molecule has 12 heteroatoms. The van der Waals surface area contributed by atoms with E-state index < -0.39 is 29.9 Å². The summed E-state index contributed by atoms with van der Waals surface area (Å²) in [5, 5.41) is 2.65. The lowest BCUT2D eigenvalue weighted by molar-refractivity contribution is -0.123. The van der Waals surface area contributed by atoms with Crippen molar-refractivity contribution in [2.45, 2.75) is 26.9 Å². The normalized spacial score (nSPS) is 11.6. The fourth-order valence-corrected chi connectivity index (χ4v) is 4.70. The van der Waals surface area contributed by atoms with Gasteiger partial charge in [0.05, 0.1) is 35.9 Å². The highest BCUT2D eigenvalue weighted by atomic mass is 32.1. The third-order valence-corrected chi connectivity index (χ3v) is 6.73. The first kappa shape index (κ1) is 26.5. The standard InChI is InChI=1S/C26H24N4O7S/c1-5-36-26(34)20-13(2)19(25(33)35-4)23(38-20)30-22(31)14(3)37-24(32)15-8-9-17-18(11-15)29-21(28-17)16-7-6-10-27-12-16/h6-12,14H,5H2,1-4H3,(H,28,29)(H,30,31). The number of aromatic nitrogens is 3. The predicted octanol–water partition coefficient (Wildman–Crippen LogP) is 4.14. The molecule has 38 heavy (non-hydrogen) atoms. The van der Waals surface area contributed by atoms with E-state index in [4.69, 9.17) is 14.2 Å². The molecule has 3 heterocycles. The number of thiophene rings is 1. The molecule has 0 aliphatic carbocycles. The lowest BCUT2D eigenvalue weighted by atomic mass is 10.1. The number of ether oxygens (including phenoxy) is 3. The number of aromatic amines is 1. The molecule has 0 saturated heterocycles. The average Bonchev–Trinajstić information content (AvgIpc) is 3.49. The van der Waals surface area contributed by atoms with Crippen LogP contribution in [0.4, 0.5) is 5.00 Å². The summed E-state index contributed by atoms with van der Waals surface area (Å²) in [6, 6.07) is 8.45. The van der Waals surface area contributed by atoms with Gasteiger partial charge in [-0.05, 0) is 56.7 Å². The second kappa shape index (κ2) is 11.2. The molecule has 1 aromatic carbocycles. The summed E-state index contributed by atoms with van der Waals surface area (Å²) in [4.78, 5) is 62.2. The van der Waals surface area contributed by atoms with Crippen molar-refractivity contribution in [3.63, 3.8) is 0 Å². The van der Waals surface area contributed by atoms with E-state index in [2.05, 4.69) is 20.3 Å². The molecule has 0 radical (unpaired) electrons. The van der Waals surface area contributed by atoms with Gasteiger partial charge in [0, 0.05) is 18.0 Å². The van der Waals surface area contributed by atoms with E-state index in [0.717, 1.165) is 16.9 Å². The van der Waals surface area contributed by atoms with E-state index in [1.165, 1.54) is 14.0 Å². The molecule has 1 unspecified atom stereocenters. The van der Waals surface area contributed by atoms with Gasteiger partial charge in [-0.2, -0.15) is 0 Å². The van der Waals surface area contributed by atoms with Crippen LogP contribution < -0.4 is 5.32 Å². The number of anilines is 1. The molecule has 11 nitrogen and oxygen atoms in total. The van der Waals surface area contributed by atoms with Crippen molar-refractivity contribution in [3.05, 3.63) is 64.3 Å². The third kappa shape index (κ3) is 5.39. The largest absolute Gasteiger partial charge is 0.465 e. The van der Waals surface area contributed by atoms with E-state index in [-0.39, 0.29) is 27.6 Å². The number of hydrogen-bond acceptors (Lipinski definition) is 10. The number of imidazole rings is 1. The van der Waals surface area contributed by atoms with Crippen molar-refractivity contribution in [2.75, 3.05) is 19.0 Å². The lowest BCUT2D eigenvalue weighted by Gasteiger charge is -2.13. The fourth-order valence-electron chi connectivity index (χ4n) is 3.61. The van der Waals surface area contributed by atoms with Crippen molar-refractivity contribution >= 4 is 51.2 Å². The van der Waals surface area contributed by atoms with Gasteiger partial charge < -0.3 is 24.5 Å². The summed E-state index contributed by atoms with van der Waals surface area (Å²) in [6.07, 6.45) is 2.11. The van der Waals surface area contributed by atoms with E-state index in [1.54, 1.807) is 50.5 Å². The molecular weight excluding hydrogens is 512 g/mol. The summed E-state index contributed by atoms with van der Waals surface area (Å²) in [5.41, 5.74) is 2.61. The Morgan fingerprint density at radius 2 is 1.92 bits per heavy atom. The Hall–Kier alpha value is -4.58. The number of H-pyrrole nitrogens is 1. The topological polar surface area (TPSA) is 150 Å². The highest BCUT2D eigenvalue weighted by Crippen LogP contribution is 2.34. The van der Waals surface area contributed by atoms with Crippen molar-refractivity contribution in [1.29, 1.82) is 0 Å². The SMILES string of the molecule is CCOC(=O)c1sc(NC(=O)C(C)OC(=O)c2ccc3nc(-c4cccnc4)[nH]c3c2)c(C(=O)OC)c1C. The third-order valence-electron chi connectivity index (χ3n) is 5.54. The van der Waals surface area contributed by atoms with Crippen molar-refractivity contribution in [2.24, 2.45) is 0 Å². The molecule has 2 N–H and O–H groups in total. The minimum absolute atomic E-state index is 0.0292. The maximum atomic E-state index is 12.9. The molecule has 0 saturated carbocycles. The molecule has 0 fully saturated rings. The molecule has 196 valence electrons. The van der Waals surface area contributed by atoms with Crippen LogP contribution in [0.25, 0.3) is 22.4 Å². The molecule has 1 atom stereocenters. The maximum Gasteiger partial charge on any atom is 0.348 e. The van der Waals surface area contributed by atoms with Gasteiger partial charge in [0.1, 0.15) is 15.7 Å². The van der Waals surface area contributed by atoms with Crippen molar-refractivity contribution < 1.29 is 33.4 Å². The van der Waals surface area contributed by atoms with Gasteiger partial charge in [0.2, 0.25) is 0 Å². The summed E-state index contributed by atoms with van der Waals surface area (Å²) in [6.45, 7) is 4.75. The predicted molar refractivity (Wildman–Crippen MR) is 139 cm³/mol. The zero-order valence-electron chi connectivity index (χ0n) is 21.0. The van der Waals surface area contributed by atoms with Crippen molar-refractivity contribution in [3.8, 4) is 11.4 Å². The number of carbonyl (C=O) groups is 4. The number of fused-ring (bicyclic) bond motifs is 1. The number of benzene rings is 1. The summed E-state index contributed by atoms with van der Waals surface area (Å²) in [5.74, 6) is -2.17. The van der Waals surface area contributed by atoms with E-state index in [1.807, 2.05) is 6.07 Å². The quantitative estimate of drug-likeness (QED) is 0.250. The van der Waals surface area contributed by atoms with E-state index in [9.17, 15) is 19.2 Å². The first-order chi connectivity index (χ1) is 18.2. The van der Waals surface area contributed by atoms with Crippen LogP contribution in [-0.2, 0) is 19.0 Å². The molecule has 0 aliphatic rings. The van der Waals surface area contributed by atoms with Crippen LogP contribution in [-0.4, -0.2) is 58.6 Å². The number of methoxy groups -OCH3 is 1. The zero-order chi connectivity index (χ0) is 27.4. The van der Waals surface area contributed by atoms with E-state index in [0.29, 0.717) is 22.4 Å². The minimum atomic E-state index is -1.22. The van der Waals surface area contributed by atoms with Gasteiger partial charge in [-0.3, -0.25) is 9.78 Å². The Labute approximate surface area is 221 Å². The number of esters is 3. The number of carbonyl (C=O) groups excluding carboxylic acids is 4. The van der Waals surface area contributed by atoms with Crippen LogP contribution in [0.5, 0.6) is 0 Å². The van der Waals surface area contributed by atoms with Crippen LogP contribution in [0, 0.1) is 6.92 Å². The first-order valence-electron chi connectivity index (χ1n) is 11.5. The van der Waals surface area contributed by atoms with Gasteiger partial charge in [-0.25, -0.2) is 19.4 Å². The highest BCUT2D eigenvalue weighted by molar-refractivity contribution is 7.18. The monoisotopic (exact) mass is 536 g/mol. The Morgan fingerprint density at radius 1 is 1.13 bits per heavy atom. The molecule has 1 amide bonds. The van der Waals surface area contributed by atoms with Crippen LogP contribution in [0.1, 0.15) is 49.8 Å². The molecule has 0 spiro atoms. The fraction of sp³-hybridized carbons (Fsp3) is 0.231. The molecule has 0 aliphatic heterocycles. The Morgan fingerprint density at radius 3 is 2.61 bits per heavy atom. The van der Waals surface area contributed by atoms with Gasteiger partial charge in [0.25, 0.3) is 5.91 Å². The Kier molecular flexibility index (Phi) is 7.82. The number of amides is 1. The van der Waals surface area contributed by atoms with Gasteiger partial charge in [-0.15, -0.1) is 11.3 Å². The molecule has 4 rings (SSSR count). The number of hydrogen-bond donors (Lipinski definition) is 2. The summed E-state index contributed by atoms with van der Waals surface area (Å²) >= 11 is 0.877.